The second-order valence-electron chi connectivity index (χ2n) is 7.62. The molecule has 0 radical (unpaired) electrons. The van der Waals surface area contributed by atoms with E-state index in [1.54, 1.807) is 24.3 Å². The van der Waals surface area contributed by atoms with Gasteiger partial charge in [0.15, 0.2) is 5.78 Å². The zero-order valence-corrected chi connectivity index (χ0v) is 17.8. The average molecular weight is 417 g/mol. The number of para-hydroxylation sites is 2. The molecule has 4 heteroatoms. The summed E-state index contributed by atoms with van der Waals surface area (Å²) < 4.78 is 0. The van der Waals surface area contributed by atoms with Gasteiger partial charge >= 0.3 is 0 Å². The molecule has 1 heterocycles. The predicted molar refractivity (Wildman–Crippen MR) is 127 cm³/mol. The van der Waals surface area contributed by atoms with Crippen molar-refractivity contribution in [3.05, 3.63) is 94.5 Å². The van der Waals surface area contributed by atoms with Gasteiger partial charge in [0.2, 0.25) is 0 Å². The summed E-state index contributed by atoms with van der Waals surface area (Å²) in [4.78, 5) is 17.0. The number of carbonyl (C=O) groups is 1. The van der Waals surface area contributed by atoms with Crippen LogP contribution >= 0.6 is 11.6 Å². The molecule has 1 aliphatic heterocycles. The third kappa shape index (κ3) is 4.64. The predicted octanol–water partition coefficient (Wildman–Crippen LogP) is 6.17. The van der Waals surface area contributed by atoms with Crippen LogP contribution < -0.4 is 4.90 Å². The Morgan fingerprint density at radius 1 is 0.867 bits per heavy atom. The minimum Gasteiger partial charge on any atom is -0.340 e. The highest BCUT2D eigenvalue weighted by Crippen LogP contribution is 2.36. The van der Waals surface area contributed by atoms with E-state index in [1.807, 2.05) is 7.05 Å². The lowest BCUT2D eigenvalue weighted by Crippen LogP contribution is -2.29. The van der Waals surface area contributed by atoms with E-state index in [4.69, 9.17) is 11.6 Å². The van der Waals surface area contributed by atoms with Crippen LogP contribution in [-0.2, 0) is 0 Å². The lowest BCUT2D eigenvalue weighted by Gasteiger charge is -2.28. The number of hydrogen-bond acceptors (Lipinski definition) is 3. The van der Waals surface area contributed by atoms with Crippen molar-refractivity contribution in [3.63, 3.8) is 0 Å². The van der Waals surface area contributed by atoms with Crippen molar-refractivity contribution in [1.82, 2.24) is 4.90 Å². The van der Waals surface area contributed by atoms with Crippen LogP contribution in [0.4, 0.5) is 11.4 Å². The van der Waals surface area contributed by atoms with Gasteiger partial charge in [0.1, 0.15) is 0 Å². The maximum atomic E-state index is 12.5. The van der Waals surface area contributed by atoms with E-state index in [9.17, 15) is 4.79 Å². The maximum absolute atomic E-state index is 12.5. The Balaban J connectivity index is 1.41. The van der Waals surface area contributed by atoms with E-state index in [2.05, 4.69) is 70.5 Å². The molecule has 0 saturated heterocycles. The molecule has 0 unspecified atom stereocenters. The van der Waals surface area contributed by atoms with Crippen LogP contribution in [0.1, 0.15) is 27.9 Å². The second-order valence-corrected chi connectivity index (χ2v) is 8.06. The number of carbonyl (C=O) groups excluding carboxylic acids is 1. The molecule has 4 rings (SSSR count). The molecular weight excluding hydrogens is 392 g/mol. The lowest BCUT2D eigenvalue weighted by atomic mass is 10.1. The van der Waals surface area contributed by atoms with E-state index in [-0.39, 0.29) is 5.78 Å². The normalized spacial score (nSPS) is 12.4. The molecule has 152 valence electrons. The van der Waals surface area contributed by atoms with Crippen LogP contribution in [0.3, 0.4) is 0 Å². The number of nitrogens with zero attached hydrogens (tertiary/aromatic N) is 2. The molecule has 1 aliphatic rings. The van der Waals surface area contributed by atoms with E-state index in [0.717, 1.165) is 19.5 Å². The largest absolute Gasteiger partial charge is 0.340 e. The first kappa shape index (κ1) is 20.4. The smallest absolute Gasteiger partial charge is 0.176 e. The molecule has 0 fully saturated rings. The Morgan fingerprint density at radius 2 is 1.43 bits per heavy atom. The van der Waals surface area contributed by atoms with Crippen LogP contribution in [0.15, 0.2) is 72.8 Å². The second kappa shape index (κ2) is 9.29. The molecule has 3 aromatic carbocycles. The van der Waals surface area contributed by atoms with Crippen molar-refractivity contribution in [2.75, 3.05) is 31.6 Å². The maximum Gasteiger partial charge on any atom is 0.176 e. The van der Waals surface area contributed by atoms with Gasteiger partial charge in [-0.2, -0.15) is 0 Å². The number of Topliss-reactive ketones (excluding diaryl/α,β-unsaturated/α-hetero) is 1. The van der Waals surface area contributed by atoms with Crippen LogP contribution in [-0.4, -0.2) is 37.4 Å². The van der Waals surface area contributed by atoms with Gasteiger partial charge in [-0.05, 0) is 61.0 Å². The zero-order valence-electron chi connectivity index (χ0n) is 17.1. The summed E-state index contributed by atoms with van der Waals surface area (Å²) in [7, 11) is 2.00. The highest BCUT2D eigenvalue weighted by Gasteiger charge is 2.17. The Bertz CT molecular complexity index is 1010. The topological polar surface area (TPSA) is 23.6 Å². The van der Waals surface area contributed by atoms with Crippen LogP contribution in [0.5, 0.6) is 0 Å². The number of ketones is 1. The summed E-state index contributed by atoms with van der Waals surface area (Å²) in [5.74, 6) is 0.115. The summed E-state index contributed by atoms with van der Waals surface area (Å²) in [6.07, 6.45) is 5.32. The summed E-state index contributed by atoms with van der Waals surface area (Å²) in [5, 5.41) is 0.646. The van der Waals surface area contributed by atoms with Crippen molar-refractivity contribution < 1.29 is 4.79 Å². The minimum atomic E-state index is 0.115. The first-order valence-corrected chi connectivity index (χ1v) is 10.6. The van der Waals surface area contributed by atoms with E-state index in [1.165, 1.54) is 22.5 Å². The number of benzene rings is 3. The van der Waals surface area contributed by atoms with Crippen molar-refractivity contribution in [2.45, 2.75) is 6.42 Å². The van der Waals surface area contributed by atoms with Crippen molar-refractivity contribution in [3.8, 4) is 0 Å². The SMILES string of the molecule is CN(CCCN1c2ccccc2C=Cc2ccccc21)CC(=O)c1ccc(Cl)cc1. The molecule has 3 aromatic rings. The van der Waals surface area contributed by atoms with Crippen molar-refractivity contribution in [2.24, 2.45) is 0 Å². The third-order valence-corrected chi connectivity index (χ3v) is 5.65. The Kier molecular flexibility index (Phi) is 6.32. The van der Waals surface area contributed by atoms with Gasteiger partial charge in [-0.3, -0.25) is 9.69 Å². The number of anilines is 2. The van der Waals surface area contributed by atoms with Crippen molar-refractivity contribution >= 4 is 40.9 Å². The van der Waals surface area contributed by atoms with Gasteiger partial charge in [0, 0.05) is 35.1 Å². The molecule has 30 heavy (non-hydrogen) atoms. The van der Waals surface area contributed by atoms with E-state index in [0.29, 0.717) is 17.1 Å². The van der Waals surface area contributed by atoms with Gasteiger partial charge in [0.25, 0.3) is 0 Å². The monoisotopic (exact) mass is 416 g/mol. The standard InChI is InChI=1S/C26H25ClN2O/c1-28(19-26(30)22-13-15-23(27)16-14-22)17-6-18-29-24-9-4-2-7-20(24)11-12-21-8-3-5-10-25(21)29/h2-5,7-16H,6,17-19H2,1H3. The quantitative estimate of drug-likeness (QED) is 0.430. The van der Waals surface area contributed by atoms with Gasteiger partial charge in [0.05, 0.1) is 6.54 Å². The molecule has 0 aliphatic carbocycles. The first-order valence-electron chi connectivity index (χ1n) is 10.2. The Labute approximate surface area is 183 Å². The molecule has 0 N–H and O–H groups in total. The van der Waals surface area contributed by atoms with Gasteiger partial charge in [-0.25, -0.2) is 0 Å². The summed E-state index contributed by atoms with van der Waals surface area (Å²) in [6, 6.07) is 24.1. The average Bonchev–Trinajstić information content (AvgIpc) is 2.91. The fourth-order valence-electron chi connectivity index (χ4n) is 3.85. The van der Waals surface area contributed by atoms with Crippen molar-refractivity contribution in [1.29, 1.82) is 0 Å². The number of halogens is 1. The van der Waals surface area contributed by atoms with Gasteiger partial charge in [-0.15, -0.1) is 0 Å². The summed E-state index contributed by atoms with van der Waals surface area (Å²) >= 11 is 5.92. The Hall–Kier alpha value is -2.88. The molecule has 0 aromatic heterocycles. The molecule has 0 saturated carbocycles. The molecule has 3 nitrogen and oxygen atoms in total. The summed E-state index contributed by atoms with van der Waals surface area (Å²) in [6.45, 7) is 2.12. The number of likely N-dealkylation sites (N-methyl/N-ethyl adjacent to an activating group) is 1. The molecular formula is C26H25ClN2O. The van der Waals surface area contributed by atoms with Gasteiger partial charge in [-0.1, -0.05) is 60.2 Å². The van der Waals surface area contributed by atoms with Gasteiger partial charge < -0.3 is 4.90 Å². The third-order valence-electron chi connectivity index (χ3n) is 5.40. The van der Waals surface area contributed by atoms with Crippen LogP contribution in [0, 0.1) is 0 Å². The Morgan fingerprint density at radius 3 is 2.03 bits per heavy atom. The number of rotatable bonds is 7. The number of hydrogen-bond donors (Lipinski definition) is 0. The highest BCUT2D eigenvalue weighted by molar-refractivity contribution is 6.30. The molecule has 0 bridgehead atoms. The fraction of sp³-hybridized carbons (Fsp3) is 0.192. The molecule has 0 atom stereocenters. The van der Waals surface area contributed by atoms with E-state index < -0.39 is 0 Å². The molecule has 0 spiro atoms. The van der Waals surface area contributed by atoms with E-state index >= 15 is 0 Å². The zero-order chi connectivity index (χ0) is 20.9. The highest BCUT2D eigenvalue weighted by atomic mass is 35.5. The number of fused-ring (bicyclic) bond motifs is 2. The lowest BCUT2D eigenvalue weighted by molar-refractivity contribution is 0.0946. The first-order chi connectivity index (χ1) is 14.6. The summed E-state index contributed by atoms with van der Waals surface area (Å²) in [5.41, 5.74) is 5.59. The molecule has 0 amide bonds. The fourth-order valence-corrected chi connectivity index (χ4v) is 3.97. The van der Waals surface area contributed by atoms with Crippen LogP contribution in [0.25, 0.3) is 12.2 Å². The minimum absolute atomic E-state index is 0.115. The van der Waals surface area contributed by atoms with Crippen LogP contribution in [0.2, 0.25) is 5.02 Å².